The average molecular weight is 441 g/mol. The fourth-order valence-corrected chi connectivity index (χ4v) is 4.18. The van der Waals surface area contributed by atoms with Crippen LogP contribution in [0.4, 0.5) is 5.13 Å². The summed E-state index contributed by atoms with van der Waals surface area (Å²) in [6.07, 6.45) is 0.783. The van der Waals surface area contributed by atoms with Gasteiger partial charge < -0.3 is 9.47 Å². The van der Waals surface area contributed by atoms with Crippen molar-refractivity contribution in [1.29, 1.82) is 0 Å². The van der Waals surface area contributed by atoms with Crippen molar-refractivity contribution in [2.75, 3.05) is 17.9 Å². The van der Waals surface area contributed by atoms with Gasteiger partial charge in [0.15, 0.2) is 17.1 Å². The van der Waals surface area contributed by atoms with Crippen molar-refractivity contribution in [2.45, 2.75) is 18.5 Å². The summed E-state index contributed by atoms with van der Waals surface area (Å²) >= 11 is 2.61. The third-order valence-corrected chi connectivity index (χ3v) is 6.15. The monoisotopic (exact) mass is 441 g/mol. The van der Waals surface area contributed by atoms with Crippen molar-refractivity contribution in [1.82, 2.24) is 30.0 Å². The summed E-state index contributed by atoms with van der Waals surface area (Å²) in [5.41, 5.74) is 2.21. The predicted octanol–water partition coefficient (Wildman–Crippen LogP) is 2.66. The lowest BCUT2D eigenvalue weighted by atomic mass is 10.1. The van der Waals surface area contributed by atoms with Gasteiger partial charge in [0.05, 0.1) is 11.4 Å². The van der Waals surface area contributed by atoms with Crippen molar-refractivity contribution in [3.05, 3.63) is 35.3 Å². The van der Waals surface area contributed by atoms with Crippen LogP contribution in [0.15, 0.2) is 35.5 Å². The van der Waals surface area contributed by atoms with Gasteiger partial charge in [-0.15, -0.1) is 20.4 Å². The van der Waals surface area contributed by atoms with Crippen molar-refractivity contribution >= 4 is 39.8 Å². The second-order valence-electron chi connectivity index (χ2n) is 6.23. The number of carbonyl (C=O) groups is 1. The maximum Gasteiger partial charge on any atom is 0.236 e. The smallest absolute Gasteiger partial charge is 0.236 e. The highest BCUT2D eigenvalue weighted by Crippen LogP contribution is 2.35. The number of nitrogens with one attached hydrogen (secondary N) is 1. The minimum atomic E-state index is -0.192. The van der Waals surface area contributed by atoms with E-state index in [1.54, 1.807) is 4.52 Å². The molecule has 30 heavy (non-hydrogen) atoms. The molecule has 10 nitrogen and oxygen atoms in total. The van der Waals surface area contributed by atoms with Gasteiger partial charge in [0, 0.05) is 5.56 Å². The fraction of sp³-hybridized carbons (Fsp3) is 0.222. The van der Waals surface area contributed by atoms with E-state index in [-0.39, 0.29) is 18.5 Å². The van der Waals surface area contributed by atoms with Crippen LogP contribution in [-0.2, 0) is 11.2 Å². The molecule has 0 radical (unpaired) electrons. The number of amides is 1. The van der Waals surface area contributed by atoms with E-state index in [9.17, 15) is 4.79 Å². The summed E-state index contributed by atoms with van der Waals surface area (Å²) in [6, 6.07) is 9.35. The molecule has 0 saturated carbocycles. The topological polar surface area (TPSA) is 116 Å². The minimum absolute atomic E-state index is 0.151. The maximum atomic E-state index is 12.2. The predicted molar refractivity (Wildman–Crippen MR) is 111 cm³/mol. The number of aryl methyl sites for hydroxylation is 1. The van der Waals surface area contributed by atoms with Crippen LogP contribution in [0.2, 0.25) is 0 Å². The molecule has 0 aliphatic carbocycles. The molecule has 4 heterocycles. The summed E-state index contributed by atoms with van der Waals surface area (Å²) in [5, 5.41) is 25.5. The van der Waals surface area contributed by atoms with Crippen LogP contribution in [0.1, 0.15) is 11.9 Å². The second kappa shape index (κ2) is 7.88. The molecule has 3 aromatic heterocycles. The molecular formula is C18H15N7O3S2. The molecule has 0 spiro atoms. The molecule has 0 atom stereocenters. The molecule has 152 valence electrons. The van der Waals surface area contributed by atoms with E-state index in [2.05, 4.69) is 30.8 Å². The van der Waals surface area contributed by atoms with E-state index in [0.717, 1.165) is 22.7 Å². The number of ether oxygens (including phenoxy) is 2. The Morgan fingerprint density at radius 3 is 2.93 bits per heavy atom. The summed E-state index contributed by atoms with van der Waals surface area (Å²) < 4.78 is 12.4. The molecule has 1 aliphatic heterocycles. The van der Waals surface area contributed by atoms with Gasteiger partial charge in [0.25, 0.3) is 0 Å². The number of benzene rings is 1. The molecule has 1 amide bonds. The molecule has 1 aliphatic rings. The van der Waals surface area contributed by atoms with Crippen LogP contribution >= 0.6 is 23.1 Å². The van der Waals surface area contributed by atoms with Crippen LogP contribution in [0.5, 0.6) is 11.5 Å². The van der Waals surface area contributed by atoms with Crippen LogP contribution < -0.4 is 14.8 Å². The Bertz CT molecular complexity index is 1240. The SMILES string of the molecule is CCc1nnc(NC(=O)CSc2nnc3ccc(-c4ccc5c(c4)OCO5)nn23)s1. The Balaban J connectivity index is 1.32. The molecular weight excluding hydrogens is 426 g/mol. The van der Waals surface area contributed by atoms with E-state index >= 15 is 0 Å². The van der Waals surface area contributed by atoms with Crippen molar-refractivity contribution < 1.29 is 14.3 Å². The Morgan fingerprint density at radius 1 is 1.17 bits per heavy atom. The van der Waals surface area contributed by atoms with E-state index in [0.29, 0.717) is 27.4 Å². The number of fused-ring (bicyclic) bond motifs is 2. The number of aromatic nitrogens is 6. The normalized spacial score (nSPS) is 12.4. The zero-order valence-corrected chi connectivity index (χ0v) is 17.4. The Labute approximate surface area is 178 Å². The Morgan fingerprint density at radius 2 is 2.07 bits per heavy atom. The number of nitrogens with zero attached hydrogens (tertiary/aromatic N) is 6. The van der Waals surface area contributed by atoms with Crippen molar-refractivity contribution in [3.8, 4) is 22.8 Å². The standard InChI is InChI=1S/C18H15N7O3S2/c1-2-16-21-22-17(30-16)19-15(26)8-29-18-23-20-14-6-4-11(24-25(14)18)10-3-5-12-13(7-10)28-9-27-12/h3-7H,2,8-9H2,1H3,(H,19,22,26). The van der Waals surface area contributed by atoms with Gasteiger partial charge in [0.2, 0.25) is 23.0 Å². The van der Waals surface area contributed by atoms with Crippen LogP contribution in [0.3, 0.4) is 0 Å². The summed E-state index contributed by atoms with van der Waals surface area (Å²) in [6.45, 7) is 2.21. The number of rotatable bonds is 6. The van der Waals surface area contributed by atoms with E-state index in [1.165, 1.54) is 23.1 Å². The van der Waals surface area contributed by atoms with E-state index < -0.39 is 0 Å². The summed E-state index contributed by atoms with van der Waals surface area (Å²) in [4.78, 5) is 12.2. The van der Waals surface area contributed by atoms with Crippen LogP contribution in [-0.4, -0.2) is 48.5 Å². The largest absolute Gasteiger partial charge is 0.454 e. The highest BCUT2D eigenvalue weighted by Gasteiger charge is 2.16. The van der Waals surface area contributed by atoms with Gasteiger partial charge in [-0.2, -0.15) is 9.61 Å². The lowest BCUT2D eigenvalue weighted by molar-refractivity contribution is -0.113. The van der Waals surface area contributed by atoms with Gasteiger partial charge >= 0.3 is 0 Å². The lowest BCUT2D eigenvalue weighted by Gasteiger charge is -2.04. The number of hydrogen-bond acceptors (Lipinski definition) is 10. The fourth-order valence-electron chi connectivity index (χ4n) is 2.80. The third kappa shape index (κ3) is 3.66. The first-order chi connectivity index (χ1) is 14.7. The Kier molecular flexibility index (Phi) is 4.93. The Hall–Kier alpha value is -3.25. The van der Waals surface area contributed by atoms with Crippen LogP contribution in [0, 0.1) is 0 Å². The van der Waals surface area contributed by atoms with Crippen LogP contribution in [0.25, 0.3) is 16.9 Å². The molecule has 1 aromatic carbocycles. The summed E-state index contributed by atoms with van der Waals surface area (Å²) in [7, 11) is 0. The summed E-state index contributed by atoms with van der Waals surface area (Å²) in [5.74, 6) is 1.36. The molecule has 0 saturated heterocycles. The maximum absolute atomic E-state index is 12.2. The highest BCUT2D eigenvalue weighted by atomic mass is 32.2. The first-order valence-electron chi connectivity index (χ1n) is 9.07. The van der Waals surface area contributed by atoms with Crippen molar-refractivity contribution in [3.63, 3.8) is 0 Å². The van der Waals surface area contributed by atoms with E-state index in [4.69, 9.17) is 9.47 Å². The first-order valence-corrected chi connectivity index (χ1v) is 10.9. The molecule has 5 rings (SSSR count). The quantitative estimate of drug-likeness (QED) is 0.451. The average Bonchev–Trinajstić information content (AvgIpc) is 3.50. The van der Waals surface area contributed by atoms with Gasteiger partial charge in [-0.1, -0.05) is 30.0 Å². The number of carbonyl (C=O) groups excluding carboxylic acids is 1. The number of hydrogen-bond donors (Lipinski definition) is 1. The second-order valence-corrected chi connectivity index (χ2v) is 8.24. The van der Waals surface area contributed by atoms with Gasteiger partial charge in [0.1, 0.15) is 5.01 Å². The molecule has 12 heteroatoms. The van der Waals surface area contributed by atoms with Gasteiger partial charge in [-0.05, 0) is 36.8 Å². The zero-order valence-electron chi connectivity index (χ0n) is 15.7. The molecule has 0 unspecified atom stereocenters. The third-order valence-electron chi connectivity index (χ3n) is 4.25. The lowest BCUT2D eigenvalue weighted by Crippen LogP contribution is -2.14. The molecule has 0 bridgehead atoms. The number of anilines is 1. The number of thioether (sulfide) groups is 1. The highest BCUT2D eigenvalue weighted by molar-refractivity contribution is 7.99. The zero-order chi connectivity index (χ0) is 20.5. The van der Waals surface area contributed by atoms with Gasteiger partial charge in [-0.3, -0.25) is 10.1 Å². The molecule has 4 aromatic rings. The molecule has 1 N–H and O–H groups in total. The minimum Gasteiger partial charge on any atom is -0.454 e. The molecule has 0 fully saturated rings. The van der Waals surface area contributed by atoms with Gasteiger partial charge in [-0.25, -0.2) is 0 Å². The van der Waals surface area contributed by atoms with E-state index in [1.807, 2.05) is 37.3 Å². The first kappa shape index (κ1) is 18.8. The van der Waals surface area contributed by atoms with Crippen molar-refractivity contribution in [2.24, 2.45) is 0 Å².